The van der Waals surface area contributed by atoms with Crippen molar-refractivity contribution in [1.82, 2.24) is 4.90 Å². The number of hydrogen-bond donors (Lipinski definition) is 0. The summed E-state index contributed by atoms with van der Waals surface area (Å²) in [5.74, 6) is 1.80. The molecule has 0 radical (unpaired) electrons. The molecule has 3 aromatic rings. The van der Waals surface area contributed by atoms with Crippen molar-refractivity contribution in [1.29, 1.82) is 0 Å². The van der Waals surface area contributed by atoms with Crippen molar-refractivity contribution in [3.05, 3.63) is 76.2 Å². The lowest BCUT2D eigenvalue weighted by Crippen LogP contribution is -2.27. The van der Waals surface area contributed by atoms with E-state index in [4.69, 9.17) is 32.7 Å². The van der Waals surface area contributed by atoms with Crippen molar-refractivity contribution in [2.45, 2.75) is 6.54 Å². The SMILES string of the molecule is O=C1/C(=C\c2ccc(-c3cccc(Cl)c3)o2)SC(=S)N1Cc1ccco1. The van der Waals surface area contributed by atoms with Crippen molar-refractivity contribution in [3.63, 3.8) is 0 Å². The predicted octanol–water partition coefficient (Wildman–Crippen LogP) is 5.59. The van der Waals surface area contributed by atoms with Gasteiger partial charge in [0.15, 0.2) is 0 Å². The number of thiocarbonyl (C=S) groups is 1. The van der Waals surface area contributed by atoms with Gasteiger partial charge in [0.05, 0.1) is 17.7 Å². The highest BCUT2D eigenvalue weighted by atomic mass is 35.5. The first-order valence-electron chi connectivity index (χ1n) is 7.74. The van der Waals surface area contributed by atoms with Crippen LogP contribution in [-0.4, -0.2) is 15.1 Å². The highest BCUT2D eigenvalue weighted by Gasteiger charge is 2.32. The van der Waals surface area contributed by atoms with E-state index in [1.54, 1.807) is 24.5 Å². The van der Waals surface area contributed by atoms with Crippen LogP contribution in [0.15, 0.2) is 68.5 Å². The molecule has 130 valence electrons. The van der Waals surface area contributed by atoms with E-state index < -0.39 is 0 Å². The monoisotopic (exact) mass is 401 g/mol. The lowest BCUT2D eigenvalue weighted by atomic mass is 10.2. The Morgan fingerprint density at radius 1 is 1.19 bits per heavy atom. The molecule has 1 aliphatic heterocycles. The maximum Gasteiger partial charge on any atom is 0.266 e. The Morgan fingerprint density at radius 2 is 2.08 bits per heavy atom. The number of carbonyl (C=O) groups is 1. The number of furan rings is 2. The second kappa shape index (κ2) is 7.15. The van der Waals surface area contributed by atoms with Crippen LogP contribution in [0.25, 0.3) is 17.4 Å². The molecule has 0 atom stereocenters. The molecule has 1 fully saturated rings. The zero-order valence-electron chi connectivity index (χ0n) is 13.3. The molecule has 0 aliphatic carbocycles. The van der Waals surface area contributed by atoms with Gasteiger partial charge in [-0.25, -0.2) is 0 Å². The molecule has 2 aromatic heterocycles. The van der Waals surface area contributed by atoms with E-state index in [1.165, 1.54) is 16.7 Å². The fourth-order valence-electron chi connectivity index (χ4n) is 2.55. The Hall–Kier alpha value is -2.28. The second-order valence-corrected chi connectivity index (χ2v) is 7.67. The smallest absolute Gasteiger partial charge is 0.266 e. The van der Waals surface area contributed by atoms with Gasteiger partial charge in [-0.15, -0.1) is 0 Å². The van der Waals surface area contributed by atoms with Crippen LogP contribution in [0.3, 0.4) is 0 Å². The number of amides is 1. The minimum Gasteiger partial charge on any atom is -0.467 e. The topological polar surface area (TPSA) is 46.6 Å². The first-order valence-corrected chi connectivity index (χ1v) is 9.34. The molecule has 1 aromatic carbocycles. The number of hydrogen-bond acceptors (Lipinski definition) is 5. The van der Waals surface area contributed by atoms with E-state index in [0.29, 0.717) is 38.1 Å². The van der Waals surface area contributed by atoms with Crippen LogP contribution in [0.2, 0.25) is 5.02 Å². The molecule has 26 heavy (non-hydrogen) atoms. The maximum absolute atomic E-state index is 12.6. The minimum atomic E-state index is -0.155. The molecule has 3 heterocycles. The fraction of sp³-hybridized carbons (Fsp3) is 0.0526. The van der Waals surface area contributed by atoms with Crippen LogP contribution in [0, 0.1) is 0 Å². The highest BCUT2D eigenvalue weighted by Crippen LogP contribution is 2.34. The Labute approximate surface area is 164 Å². The Bertz CT molecular complexity index is 1010. The first-order chi connectivity index (χ1) is 12.6. The summed E-state index contributed by atoms with van der Waals surface area (Å²) in [4.78, 5) is 14.7. The summed E-state index contributed by atoms with van der Waals surface area (Å²) < 4.78 is 11.6. The van der Waals surface area contributed by atoms with Crippen LogP contribution in [0.4, 0.5) is 0 Å². The Balaban J connectivity index is 1.55. The lowest BCUT2D eigenvalue weighted by molar-refractivity contribution is -0.122. The lowest BCUT2D eigenvalue weighted by Gasteiger charge is -2.11. The highest BCUT2D eigenvalue weighted by molar-refractivity contribution is 8.26. The summed E-state index contributed by atoms with van der Waals surface area (Å²) in [6.45, 7) is 0.320. The van der Waals surface area contributed by atoms with Crippen molar-refractivity contribution in [2.24, 2.45) is 0 Å². The minimum absolute atomic E-state index is 0.155. The molecule has 0 spiro atoms. The van der Waals surface area contributed by atoms with Crippen LogP contribution in [0.5, 0.6) is 0 Å². The van der Waals surface area contributed by atoms with Crippen LogP contribution < -0.4 is 0 Å². The molecule has 0 bridgehead atoms. The van der Waals surface area contributed by atoms with Gasteiger partial charge in [0.25, 0.3) is 5.91 Å². The van der Waals surface area contributed by atoms with E-state index in [9.17, 15) is 4.79 Å². The average Bonchev–Trinajstić information content (AvgIpc) is 3.34. The second-order valence-electron chi connectivity index (χ2n) is 5.56. The average molecular weight is 402 g/mol. The van der Waals surface area contributed by atoms with Gasteiger partial charge in [-0.3, -0.25) is 9.69 Å². The number of nitrogens with zero attached hydrogens (tertiary/aromatic N) is 1. The number of benzene rings is 1. The standard InChI is InChI=1S/C19H12ClNO3S2/c20-13-4-1-3-12(9-13)16-7-6-14(24-16)10-17-18(22)21(19(25)26-17)11-15-5-2-8-23-15/h1-10H,11H2/b17-10+. The van der Waals surface area contributed by atoms with Gasteiger partial charge in [0.1, 0.15) is 21.6 Å². The van der Waals surface area contributed by atoms with Gasteiger partial charge in [0, 0.05) is 16.7 Å². The molecule has 0 unspecified atom stereocenters. The van der Waals surface area contributed by atoms with Gasteiger partial charge >= 0.3 is 0 Å². The Morgan fingerprint density at radius 3 is 2.85 bits per heavy atom. The normalized spacial score (nSPS) is 16.0. The van der Waals surface area contributed by atoms with Crippen molar-refractivity contribution >= 4 is 51.9 Å². The fourth-order valence-corrected chi connectivity index (χ4v) is 3.98. The molecule has 0 N–H and O–H groups in total. The summed E-state index contributed by atoms with van der Waals surface area (Å²) in [6.07, 6.45) is 3.28. The third kappa shape index (κ3) is 3.49. The summed E-state index contributed by atoms with van der Waals surface area (Å²) in [5.41, 5.74) is 0.877. The molecular weight excluding hydrogens is 390 g/mol. The van der Waals surface area contributed by atoms with Gasteiger partial charge in [-0.1, -0.05) is 47.7 Å². The quantitative estimate of drug-likeness (QED) is 0.421. The molecule has 4 rings (SSSR count). The summed E-state index contributed by atoms with van der Waals surface area (Å²) >= 11 is 12.6. The van der Waals surface area contributed by atoms with Gasteiger partial charge in [-0.05, 0) is 36.4 Å². The molecular formula is C19H12ClNO3S2. The molecule has 1 aliphatic rings. The largest absolute Gasteiger partial charge is 0.467 e. The molecule has 0 saturated carbocycles. The van der Waals surface area contributed by atoms with Gasteiger partial charge in [0.2, 0.25) is 0 Å². The zero-order chi connectivity index (χ0) is 18.1. The van der Waals surface area contributed by atoms with Crippen LogP contribution in [0.1, 0.15) is 11.5 Å². The van der Waals surface area contributed by atoms with Crippen LogP contribution in [-0.2, 0) is 11.3 Å². The van der Waals surface area contributed by atoms with Crippen molar-refractivity contribution < 1.29 is 13.6 Å². The summed E-state index contributed by atoms with van der Waals surface area (Å²) in [7, 11) is 0. The number of rotatable bonds is 4. The Kier molecular flexibility index (Phi) is 4.72. The third-order valence-corrected chi connectivity index (χ3v) is 5.39. The zero-order valence-corrected chi connectivity index (χ0v) is 15.7. The van der Waals surface area contributed by atoms with E-state index in [1.807, 2.05) is 36.4 Å². The predicted molar refractivity (Wildman–Crippen MR) is 107 cm³/mol. The van der Waals surface area contributed by atoms with E-state index in [-0.39, 0.29) is 5.91 Å². The van der Waals surface area contributed by atoms with Crippen molar-refractivity contribution in [2.75, 3.05) is 0 Å². The maximum atomic E-state index is 12.6. The molecule has 1 saturated heterocycles. The van der Waals surface area contributed by atoms with E-state index in [2.05, 4.69) is 0 Å². The van der Waals surface area contributed by atoms with Gasteiger partial charge in [-0.2, -0.15) is 0 Å². The first kappa shape index (κ1) is 17.1. The number of carbonyl (C=O) groups excluding carboxylic acids is 1. The molecule has 7 heteroatoms. The van der Waals surface area contributed by atoms with E-state index >= 15 is 0 Å². The summed E-state index contributed by atoms with van der Waals surface area (Å²) in [5, 5.41) is 0.638. The van der Waals surface area contributed by atoms with Crippen molar-refractivity contribution in [3.8, 4) is 11.3 Å². The molecule has 4 nitrogen and oxygen atoms in total. The van der Waals surface area contributed by atoms with E-state index in [0.717, 1.165) is 5.56 Å². The molecule has 1 amide bonds. The van der Waals surface area contributed by atoms with Gasteiger partial charge < -0.3 is 8.83 Å². The number of halogens is 1. The third-order valence-electron chi connectivity index (χ3n) is 3.78. The van der Waals surface area contributed by atoms with Crippen LogP contribution >= 0.6 is 35.6 Å². The summed E-state index contributed by atoms with van der Waals surface area (Å²) in [6, 6.07) is 14.7. The number of thioether (sulfide) groups is 1.